The zero-order valence-corrected chi connectivity index (χ0v) is 20.3. The molecular weight excluding hydrogens is 518 g/mol. The van der Waals surface area contributed by atoms with Gasteiger partial charge in [0, 0.05) is 0 Å². The molecule has 2 aromatic rings. The van der Waals surface area contributed by atoms with Gasteiger partial charge < -0.3 is 14.2 Å². The lowest BCUT2D eigenvalue weighted by molar-refractivity contribution is -0.123. The molecule has 0 radical (unpaired) electrons. The van der Waals surface area contributed by atoms with Crippen molar-refractivity contribution in [2.45, 2.75) is 6.92 Å². The summed E-state index contributed by atoms with van der Waals surface area (Å²) in [5.74, 6) is 3.49. The number of rotatable bonds is 9. The Bertz CT molecular complexity index is 1100. The molecule has 1 aliphatic rings. The summed E-state index contributed by atoms with van der Waals surface area (Å²) >= 11 is 10.4. The predicted octanol–water partition coefficient (Wildman–Crippen LogP) is 5.63. The summed E-state index contributed by atoms with van der Waals surface area (Å²) in [7, 11) is 0. The number of terminal acetylenes is 1. The highest BCUT2D eigenvalue weighted by Crippen LogP contribution is 2.39. The molecule has 2 aromatic carbocycles. The molecule has 0 unspecified atom stereocenters. The molecule has 1 heterocycles. The van der Waals surface area contributed by atoms with Crippen LogP contribution in [0.3, 0.4) is 0 Å². The molecule has 0 atom stereocenters. The summed E-state index contributed by atoms with van der Waals surface area (Å²) in [6.45, 7) is 2.61. The third kappa shape index (κ3) is 5.80. The standard InChI is InChI=1S/C23H19BrClNO5S/c1-3-10-31-21-16(24)12-15(13-19(21)29-4-2)14-20-22(27)26(23(28)32-20)9-11-30-18-8-6-5-7-17(18)25/h1,5-8,12-14H,4,9-11H2,2H3/b20-14-. The van der Waals surface area contributed by atoms with Crippen molar-refractivity contribution in [3.8, 4) is 29.6 Å². The summed E-state index contributed by atoms with van der Waals surface area (Å²) < 4.78 is 17.4. The largest absolute Gasteiger partial charge is 0.490 e. The molecular formula is C23H19BrClNO5S. The number of para-hydroxylation sites is 1. The molecule has 0 spiro atoms. The lowest BCUT2D eigenvalue weighted by Crippen LogP contribution is -2.32. The Morgan fingerprint density at radius 2 is 1.97 bits per heavy atom. The summed E-state index contributed by atoms with van der Waals surface area (Å²) in [6.07, 6.45) is 6.91. The topological polar surface area (TPSA) is 65.1 Å². The number of carbonyl (C=O) groups is 2. The molecule has 32 heavy (non-hydrogen) atoms. The molecule has 2 amide bonds. The molecule has 0 aromatic heterocycles. The normalized spacial score (nSPS) is 14.6. The fourth-order valence-electron chi connectivity index (χ4n) is 2.84. The fourth-order valence-corrected chi connectivity index (χ4v) is 4.47. The number of thioether (sulfide) groups is 1. The second-order valence-electron chi connectivity index (χ2n) is 6.37. The van der Waals surface area contributed by atoms with Gasteiger partial charge in [0.1, 0.15) is 19.0 Å². The zero-order chi connectivity index (χ0) is 23.1. The van der Waals surface area contributed by atoms with Gasteiger partial charge in [-0.15, -0.1) is 6.42 Å². The maximum absolute atomic E-state index is 12.8. The Balaban J connectivity index is 1.73. The molecule has 1 saturated heterocycles. The van der Waals surface area contributed by atoms with Gasteiger partial charge in [0.2, 0.25) is 0 Å². The van der Waals surface area contributed by atoms with E-state index in [4.69, 9.17) is 32.2 Å². The van der Waals surface area contributed by atoms with E-state index in [1.54, 1.807) is 42.5 Å². The molecule has 6 nitrogen and oxygen atoms in total. The van der Waals surface area contributed by atoms with Crippen molar-refractivity contribution in [2.24, 2.45) is 0 Å². The number of hydrogen-bond acceptors (Lipinski definition) is 6. The quantitative estimate of drug-likeness (QED) is 0.306. The van der Waals surface area contributed by atoms with Gasteiger partial charge in [0.15, 0.2) is 11.5 Å². The van der Waals surface area contributed by atoms with E-state index in [0.717, 1.165) is 16.7 Å². The van der Waals surface area contributed by atoms with Gasteiger partial charge in [0.25, 0.3) is 11.1 Å². The van der Waals surface area contributed by atoms with Crippen LogP contribution in [0.2, 0.25) is 5.02 Å². The van der Waals surface area contributed by atoms with Crippen LogP contribution in [-0.4, -0.2) is 42.4 Å². The van der Waals surface area contributed by atoms with Gasteiger partial charge in [0.05, 0.1) is 27.6 Å². The van der Waals surface area contributed by atoms with Crippen LogP contribution >= 0.6 is 39.3 Å². The summed E-state index contributed by atoms with van der Waals surface area (Å²) in [5.41, 5.74) is 0.672. The van der Waals surface area contributed by atoms with Crippen LogP contribution in [0, 0.1) is 12.3 Å². The third-order valence-corrected chi connectivity index (χ3v) is 6.02. The van der Waals surface area contributed by atoms with Gasteiger partial charge >= 0.3 is 0 Å². The number of halogens is 2. The van der Waals surface area contributed by atoms with Gasteiger partial charge in [-0.05, 0) is 70.5 Å². The summed E-state index contributed by atoms with van der Waals surface area (Å²) in [5, 5.41) is 0.106. The molecule has 0 N–H and O–H groups in total. The number of carbonyl (C=O) groups excluding carboxylic acids is 2. The smallest absolute Gasteiger partial charge is 0.293 e. The maximum atomic E-state index is 12.8. The lowest BCUT2D eigenvalue weighted by Gasteiger charge is -2.14. The van der Waals surface area contributed by atoms with Gasteiger partial charge in [-0.25, -0.2) is 0 Å². The second-order valence-corrected chi connectivity index (χ2v) is 8.62. The van der Waals surface area contributed by atoms with E-state index < -0.39 is 0 Å². The van der Waals surface area contributed by atoms with E-state index in [-0.39, 0.29) is 30.9 Å². The minimum absolute atomic E-state index is 0.0905. The maximum Gasteiger partial charge on any atom is 0.293 e. The Morgan fingerprint density at radius 1 is 1.19 bits per heavy atom. The molecule has 9 heteroatoms. The van der Waals surface area contributed by atoms with Crippen LogP contribution in [-0.2, 0) is 4.79 Å². The van der Waals surface area contributed by atoms with E-state index in [9.17, 15) is 9.59 Å². The van der Waals surface area contributed by atoms with Crippen molar-refractivity contribution < 1.29 is 23.8 Å². The van der Waals surface area contributed by atoms with Crippen LogP contribution in [0.15, 0.2) is 45.8 Å². The number of hydrogen-bond donors (Lipinski definition) is 0. The molecule has 166 valence electrons. The SMILES string of the molecule is C#CCOc1c(Br)cc(/C=C2\SC(=O)N(CCOc3ccccc3Cl)C2=O)cc1OCC. The van der Waals surface area contributed by atoms with Crippen LogP contribution in [0.25, 0.3) is 6.08 Å². The Hall–Kier alpha value is -2.60. The van der Waals surface area contributed by atoms with E-state index in [0.29, 0.717) is 43.8 Å². The average Bonchev–Trinajstić information content (AvgIpc) is 3.02. The summed E-state index contributed by atoms with van der Waals surface area (Å²) in [4.78, 5) is 26.6. The lowest BCUT2D eigenvalue weighted by atomic mass is 10.2. The van der Waals surface area contributed by atoms with Crippen molar-refractivity contribution >= 4 is 56.5 Å². The van der Waals surface area contributed by atoms with E-state index in [2.05, 4.69) is 21.9 Å². The highest BCUT2D eigenvalue weighted by Gasteiger charge is 2.35. The van der Waals surface area contributed by atoms with Crippen LogP contribution in [0.5, 0.6) is 17.2 Å². The molecule has 1 aliphatic heterocycles. The Labute approximate surface area is 204 Å². The molecule has 0 saturated carbocycles. The van der Waals surface area contributed by atoms with Crippen molar-refractivity contribution in [3.05, 3.63) is 56.4 Å². The van der Waals surface area contributed by atoms with E-state index in [1.807, 2.05) is 6.92 Å². The van der Waals surface area contributed by atoms with Gasteiger partial charge in [-0.1, -0.05) is 29.7 Å². The first-order valence-electron chi connectivity index (χ1n) is 9.60. The first kappa shape index (κ1) is 24.1. The fraction of sp³-hybridized carbons (Fsp3) is 0.217. The monoisotopic (exact) mass is 535 g/mol. The van der Waals surface area contributed by atoms with Crippen LogP contribution in [0.1, 0.15) is 12.5 Å². The van der Waals surface area contributed by atoms with Crippen LogP contribution < -0.4 is 14.2 Å². The number of ether oxygens (including phenoxy) is 3. The number of amides is 2. The molecule has 0 aliphatic carbocycles. The van der Waals surface area contributed by atoms with Crippen molar-refractivity contribution in [3.63, 3.8) is 0 Å². The third-order valence-electron chi connectivity index (χ3n) is 4.21. The van der Waals surface area contributed by atoms with Gasteiger partial charge in [-0.3, -0.25) is 14.5 Å². The van der Waals surface area contributed by atoms with Crippen molar-refractivity contribution in [2.75, 3.05) is 26.4 Å². The Morgan fingerprint density at radius 3 is 2.69 bits per heavy atom. The zero-order valence-electron chi connectivity index (χ0n) is 17.1. The van der Waals surface area contributed by atoms with Crippen LogP contribution in [0.4, 0.5) is 4.79 Å². The predicted molar refractivity (Wildman–Crippen MR) is 129 cm³/mol. The minimum atomic E-state index is -0.385. The summed E-state index contributed by atoms with van der Waals surface area (Å²) in [6, 6.07) is 10.5. The molecule has 3 rings (SSSR count). The molecule has 0 bridgehead atoms. The number of benzene rings is 2. The Kier molecular flexibility index (Phi) is 8.51. The number of imide groups is 1. The van der Waals surface area contributed by atoms with Gasteiger partial charge in [-0.2, -0.15) is 0 Å². The van der Waals surface area contributed by atoms with Crippen molar-refractivity contribution in [1.82, 2.24) is 4.90 Å². The number of nitrogens with zero attached hydrogens (tertiary/aromatic N) is 1. The van der Waals surface area contributed by atoms with Crippen molar-refractivity contribution in [1.29, 1.82) is 0 Å². The first-order valence-corrected chi connectivity index (χ1v) is 11.6. The molecule has 1 fully saturated rings. The van der Waals surface area contributed by atoms with E-state index in [1.165, 1.54) is 0 Å². The highest BCUT2D eigenvalue weighted by molar-refractivity contribution is 9.10. The first-order chi connectivity index (χ1) is 15.4. The highest BCUT2D eigenvalue weighted by atomic mass is 79.9. The average molecular weight is 537 g/mol. The minimum Gasteiger partial charge on any atom is -0.490 e. The second kappa shape index (κ2) is 11.3. The van der Waals surface area contributed by atoms with E-state index >= 15 is 0 Å².